The van der Waals surface area contributed by atoms with Gasteiger partial charge in [-0.05, 0) is 32.4 Å². The zero-order valence-electron chi connectivity index (χ0n) is 13.4. The van der Waals surface area contributed by atoms with Gasteiger partial charge in [0.25, 0.3) is 0 Å². The number of pyridine rings is 1. The second kappa shape index (κ2) is 5.88. The molecule has 0 aromatic carbocycles. The van der Waals surface area contributed by atoms with Crippen LogP contribution in [0, 0.1) is 6.92 Å². The highest BCUT2D eigenvalue weighted by molar-refractivity contribution is 8.01. The summed E-state index contributed by atoms with van der Waals surface area (Å²) in [6.07, 6.45) is 3.83. The molecule has 0 saturated carbocycles. The molecule has 7 heteroatoms. The van der Waals surface area contributed by atoms with E-state index < -0.39 is 10.8 Å². The maximum Gasteiger partial charge on any atom is 0.243 e. The van der Waals surface area contributed by atoms with Crippen LogP contribution in [-0.2, 0) is 16.1 Å². The number of fused-ring (bicyclic) bond motifs is 1. The molecule has 3 heterocycles. The Hall–Kier alpha value is -2.02. The summed E-state index contributed by atoms with van der Waals surface area (Å²) >= 11 is 1.50. The number of amides is 2. The van der Waals surface area contributed by atoms with E-state index in [0.29, 0.717) is 12.3 Å². The molecule has 1 aliphatic heterocycles. The van der Waals surface area contributed by atoms with Gasteiger partial charge in [-0.25, -0.2) is 4.98 Å². The monoisotopic (exact) mass is 332 g/mol. The molecule has 1 fully saturated rings. The number of carbonyl (C=O) groups excluding carboxylic acids is 2. The molecule has 1 saturated heterocycles. The van der Waals surface area contributed by atoms with Crippen molar-refractivity contribution in [2.45, 2.75) is 38.1 Å². The van der Waals surface area contributed by atoms with Gasteiger partial charge < -0.3 is 15.0 Å². The van der Waals surface area contributed by atoms with Gasteiger partial charge in [0.15, 0.2) is 0 Å². The van der Waals surface area contributed by atoms with Gasteiger partial charge in [0.05, 0.1) is 17.0 Å². The number of nitrogens with zero attached hydrogens (tertiary/aromatic N) is 2. The Morgan fingerprint density at radius 2 is 2.35 bits per heavy atom. The van der Waals surface area contributed by atoms with Crippen molar-refractivity contribution in [3.63, 3.8) is 0 Å². The van der Waals surface area contributed by atoms with Crippen molar-refractivity contribution in [2.75, 3.05) is 5.75 Å². The van der Waals surface area contributed by atoms with Gasteiger partial charge >= 0.3 is 0 Å². The summed E-state index contributed by atoms with van der Waals surface area (Å²) in [5.74, 6) is 0.307. The minimum absolute atomic E-state index is 0.0998. The van der Waals surface area contributed by atoms with Crippen LogP contribution >= 0.6 is 11.8 Å². The lowest BCUT2D eigenvalue weighted by Crippen LogP contribution is -2.57. The highest BCUT2D eigenvalue weighted by Gasteiger charge is 2.37. The second-order valence-corrected chi connectivity index (χ2v) is 7.86. The quantitative estimate of drug-likeness (QED) is 0.887. The number of carbonyl (C=O) groups is 2. The van der Waals surface area contributed by atoms with E-state index in [9.17, 15) is 9.59 Å². The van der Waals surface area contributed by atoms with Crippen molar-refractivity contribution >= 4 is 29.2 Å². The lowest BCUT2D eigenvalue weighted by Gasteiger charge is -2.32. The molecule has 122 valence electrons. The molecule has 23 heavy (non-hydrogen) atoms. The first kappa shape index (κ1) is 15.9. The van der Waals surface area contributed by atoms with E-state index in [2.05, 4.69) is 15.6 Å². The molecule has 1 aliphatic rings. The lowest BCUT2D eigenvalue weighted by molar-refractivity contribution is -0.129. The third-order valence-electron chi connectivity index (χ3n) is 3.95. The van der Waals surface area contributed by atoms with E-state index in [0.717, 1.165) is 16.9 Å². The van der Waals surface area contributed by atoms with Crippen LogP contribution < -0.4 is 10.6 Å². The minimum Gasteiger partial charge on any atom is -0.349 e. The molecule has 0 bridgehead atoms. The van der Waals surface area contributed by atoms with E-state index in [-0.39, 0.29) is 11.8 Å². The first-order valence-corrected chi connectivity index (χ1v) is 8.51. The molecule has 2 aromatic rings. The van der Waals surface area contributed by atoms with Crippen LogP contribution in [0.3, 0.4) is 0 Å². The van der Waals surface area contributed by atoms with Crippen LogP contribution in [-0.4, -0.2) is 37.7 Å². The smallest absolute Gasteiger partial charge is 0.243 e. The summed E-state index contributed by atoms with van der Waals surface area (Å²) in [7, 11) is 0. The average Bonchev–Trinajstić information content (AvgIpc) is 2.92. The summed E-state index contributed by atoms with van der Waals surface area (Å²) in [5.41, 5.74) is 2.77. The first-order valence-electron chi connectivity index (χ1n) is 7.52. The number of aromatic nitrogens is 2. The van der Waals surface area contributed by atoms with Gasteiger partial charge in [0, 0.05) is 18.1 Å². The molecule has 0 spiro atoms. The Kier molecular flexibility index (Phi) is 4.06. The number of thioether (sulfide) groups is 1. The number of nitrogens with one attached hydrogen (secondary N) is 2. The normalized spacial score (nSPS) is 20.3. The number of hydrogen-bond acceptors (Lipinski definition) is 4. The summed E-state index contributed by atoms with van der Waals surface area (Å²) < 4.78 is 1.47. The lowest BCUT2D eigenvalue weighted by atomic mass is 10.1. The number of aryl methyl sites for hydroxylation is 1. The number of imidazole rings is 1. The summed E-state index contributed by atoms with van der Waals surface area (Å²) in [5, 5.41) is 5.64. The van der Waals surface area contributed by atoms with Gasteiger partial charge in [-0.2, -0.15) is 0 Å². The van der Waals surface area contributed by atoms with Crippen molar-refractivity contribution in [2.24, 2.45) is 0 Å². The van der Waals surface area contributed by atoms with E-state index in [1.807, 2.05) is 49.7 Å². The minimum atomic E-state index is -0.487. The molecule has 6 nitrogen and oxygen atoms in total. The maximum atomic E-state index is 12.2. The van der Waals surface area contributed by atoms with Crippen molar-refractivity contribution in [3.8, 4) is 0 Å². The van der Waals surface area contributed by atoms with E-state index in [1.165, 1.54) is 11.8 Å². The van der Waals surface area contributed by atoms with E-state index in [1.54, 1.807) is 0 Å². The third-order valence-corrected chi connectivity index (χ3v) is 5.36. The van der Waals surface area contributed by atoms with Crippen molar-refractivity contribution in [1.82, 2.24) is 20.0 Å². The molecule has 1 atom stereocenters. The van der Waals surface area contributed by atoms with Crippen molar-refractivity contribution in [3.05, 3.63) is 35.8 Å². The van der Waals surface area contributed by atoms with Crippen molar-refractivity contribution < 1.29 is 9.59 Å². The fraction of sp³-hybridized carbons (Fsp3) is 0.438. The second-order valence-electron chi connectivity index (χ2n) is 6.22. The number of hydrogen-bond donors (Lipinski definition) is 2. The topological polar surface area (TPSA) is 75.5 Å². The Morgan fingerprint density at radius 3 is 3.04 bits per heavy atom. The first-order chi connectivity index (χ1) is 10.9. The molecular weight excluding hydrogens is 312 g/mol. The Morgan fingerprint density at radius 1 is 1.57 bits per heavy atom. The van der Waals surface area contributed by atoms with E-state index >= 15 is 0 Å². The predicted octanol–water partition coefficient (Wildman–Crippen LogP) is 1.27. The van der Waals surface area contributed by atoms with Crippen LogP contribution in [0.2, 0.25) is 0 Å². The van der Waals surface area contributed by atoms with Crippen LogP contribution in [0.1, 0.15) is 25.1 Å². The van der Waals surface area contributed by atoms with Crippen LogP contribution in [0.4, 0.5) is 0 Å². The van der Waals surface area contributed by atoms with Gasteiger partial charge in [0.1, 0.15) is 11.7 Å². The zero-order chi connectivity index (χ0) is 16.6. The Labute approximate surface area is 139 Å². The standard InChI is InChI=1S/C16H20N4O2S/c1-10-5-4-6-20-8-11(18-13(10)20)7-17-14(21)12-9-23-16(2,3)15(22)19-12/h4-6,8,12H,7,9H2,1-3H3,(H,17,21)(H,19,22). The fourth-order valence-corrected chi connectivity index (χ4v) is 3.47. The average molecular weight is 332 g/mol. The summed E-state index contributed by atoms with van der Waals surface area (Å²) in [4.78, 5) is 28.7. The predicted molar refractivity (Wildman–Crippen MR) is 90.2 cm³/mol. The molecular formula is C16H20N4O2S. The van der Waals surface area contributed by atoms with Crippen LogP contribution in [0.15, 0.2) is 24.5 Å². The highest BCUT2D eigenvalue weighted by atomic mass is 32.2. The van der Waals surface area contributed by atoms with Gasteiger partial charge in [-0.15, -0.1) is 11.8 Å². The SMILES string of the molecule is Cc1cccn2cc(CNC(=O)C3CSC(C)(C)C(=O)N3)nc12. The molecule has 0 aliphatic carbocycles. The maximum absolute atomic E-state index is 12.2. The third kappa shape index (κ3) is 3.19. The molecule has 2 amide bonds. The Balaban J connectivity index is 1.62. The highest BCUT2D eigenvalue weighted by Crippen LogP contribution is 2.28. The fourth-order valence-electron chi connectivity index (χ4n) is 2.46. The molecule has 2 N–H and O–H groups in total. The Bertz CT molecular complexity index is 769. The number of rotatable bonds is 3. The summed E-state index contributed by atoms with van der Waals surface area (Å²) in [6, 6.07) is 3.48. The van der Waals surface area contributed by atoms with Gasteiger partial charge in [-0.1, -0.05) is 6.07 Å². The van der Waals surface area contributed by atoms with Gasteiger partial charge in [0.2, 0.25) is 11.8 Å². The van der Waals surface area contributed by atoms with E-state index in [4.69, 9.17) is 0 Å². The molecule has 0 radical (unpaired) electrons. The van der Waals surface area contributed by atoms with Crippen LogP contribution in [0.5, 0.6) is 0 Å². The summed E-state index contributed by atoms with van der Waals surface area (Å²) in [6.45, 7) is 6.07. The largest absolute Gasteiger partial charge is 0.349 e. The molecule has 3 rings (SSSR count). The molecule has 1 unspecified atom stereocenters. The van der Waals surface area contributed by atoms with Gasteiger partial charge in [-0.3, -0.25) is 9.59 Å². The molecule has 2 aromatic heterocycles. The van der Waals surface area contributed by atoms with Crippen molar-refractivity contribution in [1.29, 1.82) is 0 Å². The zero-order valence-corrected chi connectivity index (χ0v) is 14.2. The van der Waals surface area contributed by atoms with Crippen LogP contribution in [0.25, 0.3) is 5.65 Å².